The molecule has 0 saturated carbocycles. The molecule has 0 spiro atoms. The number of carboxylic acids is 1. The molecule has 1 heterocycles. The minimum Gasteiger partial charge on any atom is -0.481 e. The molecule has 0 aliphatic carbocycles. The highest BCUT2D eigenvalue weighted by molar-refractivity contribution is 6.33. The molecule has 0 radical (unpaired) electrons. The van der Waals surface area contributed by atoms with Crippen LogP contribution < -0.4 is 0 Å². The van der Waals surface area contributed by atoms with Crippen LogP contribution in [0, 0.1) is 0 Å². The van der Waals surface area contributed by atoms with Gasteiger partial charge in [0.15, 0.2) is 0 Å². The summed E-state index contributed by atoms with van der Waals surface area (Å²) in [6.07, 6.45) is 3.33. The molecule has 1 aromatic carbocycles. The predicted molar refractivity (Wildman–Crippen MR) is 76.8 cm³/mol. The normalized spacial score (nSPS) is 20.4. The first-order chi connectivity index (χ1) is 9.06. The third-order valence-corrected chi connectivity index (χ3v) is 4.14. The quantitative estimate of drug-likeness (QED) is 0.919. The van der Waals surface area contributed by atoms with E-state index in [4.69, 9.17) is 28.3 Å². The van der Waals surface area contributed by atoms with Crippen molar-refractivity contribution in [3.63, 3.8) is 0 Å². The molecule has 1 aliphatic rings. The summed E-state index contributed by atoms with van der Waals surface area (Å²) in [6, 6.07) is 5.51. The molecule has 0 bridgehead atoms. The van der Waals surface area contributed by atoms with Gasteiger partial charge in [-0.1, -0.05) is 29.6 Å². The fraction of sp³-hybridized carbons (Fsp3) is 0.500. The number of carboxylic acid groups (broad SMARTS) is 1. The lowest BCUT2D eigenvalue weighted by molar-refractivity contribution is -0.138. The van der Waals surface area contributed by atoms with Gasteiger partial charge in [-0.15, -0.1) is 0 Å². The van der Waals surface area contributed by atoms with Crippen molar-refractivity contribution in [2.24, 2.45) is 0 Å². The smallest absolute Gasteiger partial charge is 0.304 e. The SMILES string of the molecule is O=C(O)CC1CCCCN1Cc1cc(Cl)ccc1Cl. The lowest BCUT2D eigenvalue weighted by atomic mass is 9.98. The Morgan fingerprint density at radius 2 is 2.16 bits per heavy atom. The minimum absolute atomic E-state index is 0.0984. The Kier molecular flexibility index (Phi) is 5.08. The average molecular weight is 302 g/mol. The number of carbonyl (C=O) groups is 1. The molecule has 1 N–H and O–H groups in total. The Hall–Kier alpha value is -0.770. The van der Waals surface area contributed by atoms with E-state index in [2.05, 4.69) is 4.90 Å². The number of hydrogen-bond acceptors (Lipinski definition) is 2. The standard InChI is InChI=1S/C14H17Cl2NO2/c15-11-4-5-13(16)10(7-11)9-17-6-2-1-3-12(17)8-14(18)19/h4-5,7,12H,1-3,6,8-9H2,(H,18,19). The number of likely N-dealkylation sites (tertiary alicyclic amines) is 1. The second kappa shape index (κ2) is 6.60. The number of rotatable bonds is 4. The molecule has 5 heteroatoms. The maximum Gasteiger partial charge on any atom is 0.304 e. The van der Waals surface area contributed by atoms with Crippen LogP contribution in [0.3, 0.4) is 0 Å². The summed E-state index contributed by atoms with van der Waals surface area (Å²) in [6.45, 7) is 1.58. The second-order valence-corrected chi connectivity index (χ2v) is 5.80. The van der Waals surface area contributed by atoms with E-state index in [1.165, 1.54) is 0 Å². The van der Waals surface area contributed by atoms with Crippen molar-refractivity contribution in [2.75, 3.05) is 6.54 Å². The van der Waals surface area contributed by atoms with Crippen LogP contribution in [0.5, 0.6) is 0 Å². The molecular formula is C14H17Cl2NO2. The molecule has 1 saturated heterocycles. The molecule has 19 heavy (non-hydrogen) atoms. The van der Waals surface area contributed by atoms with Crippen molar-refractivity contribution >= 4 is 29.2 Å². The Labute approximate surface area is 123 Å². The maximum absolute atomic E-state index is 10.9. The lowest BCUT2D eigenvalue weighted by Gasteiger charge is -2.35. The molecule has 3 nitrogen and oxygen atoms in total. The predicted octanol–water partition coefficient (Wildman–Crippen LogP) is 3.82. The van der Waals surface area contributed by atoms with Crippen LogP contribution in [0.4, 0.5) is 0 Å². The highest BCUT2D eigenvalue weighted by atomic mass is 35.5. The van der Waals surface area contributed by atoms with Gasteiger partial charge in [0.25, 0.3) is 0 Å². The van der Waals surface area contributed by atoms with Gasteiger partial charge in [0.1, 0.15) is 0 Å². The lowest BCUT2D eigenvalue weighted by Crippen LogP contribution is -2.40. The number of nitrogens with zero attached hydrogens (tertiary/aromatic N) is 1. The number of benzene rings is 1. The van der Waals surface area contributed by atoms with E-state index in [-0.39, 0.29) is 12.5 Å². The maximum atomic E-state index is 10.9. The van der Waals surface area contributed by atoms with Crippen LogP contribution in [0.15, 0.2) is 18.2 Å². The third kappa shape index (κ3) is 4.10. The molecular weight excluding hydrogens is 285 g/mol. The van der Waals surface area contributed by atoms with E-state index in [1.54, 1.807) is 12.1 Å². The van der Waals surface area contributed by atoms with Crippen molar-refractivity contribution in [1.82, 2.24) is 4.90 Å². The number of aliphatic carboxylic acids is 1. The molecule has 1 aliphatic heterocycles. The van der Waals surface area contributed by atoms with Crippen molar-refractivity contribution in [1.29, 1.82) is 0 Å². The van der Waals surface area contributed by atoms with Crippen LogP contribution >= 0.6 is 23.2 Å². The minimum atomic E-state index is -0.742. The molecule has 1 unspecified atom stereocenters. The average Bonchev–Trinajstić information content (AvgIpc) is 2.35. The summed E-state index contributed by atoms with van der Waals surface area (Å²) in [7, 11) is 0. The summed E-state index contributed by atoms with van der Waals surface area (Å²) in [5, 5.41) is 10.3. The van der Waals surface area contributed by atoms with Crippen molar-refractivity contribution in [2.45, 2.75) is 38.3 Å². The van der Waals surface area contributed by atoms with E-state index < -0.39 is 5.97 Å². The van der Waals surface area contributed by atoms with Crippen LogP contribution in [-0.2, 0) is 11.3 Å². The van der Waals surface area contributed by atoms with Gasteiger partial charge >= 0.3 is 5.97 Å². The van der Waals surface area contributed by atoms with Crippen LogP contribution in [0.2, 0.25) is 10.0 Å². The fourth-order valence-corrected chi connectivity index (χ4v) is 2.96. The van der Waals surface area contributed by atoms with E-state index in [9.17, 15) is 4.79 Å². The summed E-state index contributed by atoms with van der Waals surface area (Å²) in [5.41, 5.74) is 0.964. The first kappa shape index (κ1) is 14.6. The van der Waals surface area contributed by atoms with E-state index in [0.29, 0.717) is 16.6 Å². The Balaban J connectivity index is 2.10. The van der Waals surface area contributed by atoms with E-state index >= 15 is 0 Å². The number of hydrogen-bond donors (Lipinski definition) is 1. The number of piperidine rings is 1. The second-order valence-electron chi connectivity index (χ2n) is 4.95. The van der Waals surface area contributed by atoms with Gasteiger partial charge in [-0.3, -0.25) is 9.69 Å². The third-order valence-electron chi connectivity index (χ3n) is 3.54. The van der Waals surface area contributed by atoms with Gasteiger partial charge in [0.2, 0.25) is 0 Å². The van der Waals surface area contributed by atoms with Gasteiger partial charge < -0.3 is 5.11 Å². The molecule has 0 amide bonds. The molecule has 1 atom stereocenters. The van der Waals surface area contributed by atoms with Crippen molar-refractivity contribution in [3.8, 4) is 0 Å². The first-order valence-electron chi connectivity index (χ1n) is 6.46. The highest BCUT2D eigenvalue weighted by Crippen LogP contribution is 2.26. The molecule has 1 aromatic rings. The summed E-state index contributed by atoms with van der Waals surface area (Å²) in [5.74, 6) is -0.742. The Morgan fingerprint density at radius 1 is 1.37 bits per heavy atom. The monoisotopic (exact) mass is 301 g/mol. The molecule has 1 fully saturated rings. The van der Waals surface area contributed by atoms with E-state index in [1.807, 2.05) is 6.07 Å². The zero-order valence-electron chi connectivity index (χ0n) is 10.6. The summed E-state index contributed by atoms with van der Waals surface area (Å²) < 4.78 is 0. The number of halogens is 2. The van der Waals surface area contributed by atoms with Crippen LogP contribution in [-0.4, -0.2) is 28.6 Å². The topological polar surface area (TPSA) is 40.5 Å². The van der Waals surface area contributed by atoms with Crippen LogP contribution in [0.1, 0.15) is 31.2 Å². The largest absolute Gasteiger partial charge is 0.481 e. The van der Waals surface area contributed by atoms with Crippen molar-refractivity contribution in [3.05, 3.63) is 33.8 Å². The van der Waals surface area contributed by atoms with E-state index in [0.717, 1.165) is 31.4 Å². The first-order valence-corrected chi connectivity index (χ1v) is 7.21. The molecule has 104 valence electrons. The Bertz CT molecular complexity index is 465. The molecule has 2 rings (SSSR count). The Morgan fingerprint density at radius 3 is 2.89 bits per heavy atom. The van der Waals surface area contributed by atoms with Gasteiger partial charge in [0, 0.05) is 22.6 Å². The van der Waals surface area contributed by atoms with Gasteiger partial charge in [0.05, 0.1) is 6.42 Å². The van der Waals surface area contributed by atoms with Gasteiger partial charge in [-0.05, 0) is 43.1 Å². The zero-order chi connectivity index (χ0) is 13.8. The highest BCUT2D eigenvalue weighted by Gasteiger charge is 2.25. The molecule has 0 aromatic heterocycles. The summed E-state index contributed by atoms with van der Waals surface area (Å²) in [4.78, 5) is 13.1. The van der Waals surface area contributed by atoms with Gasteiger partial charge in [-0.2, -0.15) is 0 Å². The summed E-state index contributed by atoms with van der Waals surface area (Å²) >= 11 is 12.2. The van der Waals surface area contributed by atoms with Crippen molar-refractivity contribution < 1.29 is 9.90 Å². The fourth-order valence-electron chi connectivity index (χ4n) is 2.58. The van der Waals surface area contributed by atoms with Crippen LogP contribution in [0.25, 0.3) is 0 Å². The van der Waals surface area contributed by atoms with Gasteiger partial charge in [-0.25, -0.2) is 0 Å². The zero-order valence-corrected chi connectivity index (χ0v) is 12.1.